The molecular weight excluding hydrogens is 755 g/mol. The summed E-state index contributed by atoms with van der Waals surface area (Å²) in [5.74, 6) is 0.623. The van der Waals surface area contributed by atoms with Crippen molar-refractivity contribution in [1.29, 1.82) is 0 Å². The second-order valence-corrected chi connectivity index (χ2v) is 18.5. The molecule has 1 atom stereocenters. The Bertz CT molecular complexity index is 3360. The van der Waals surface area contributed by atoms with Gasteiger partial charge >= 0.3 is 0 Å². The van der Waals surface area contributed by atoms with Crippen LogP contribution in [0.3, 0.4) is 0 Å². The van der Waals surface area contributed by atoms with Gasteiger partial charge in [0.05, 0.1) is 11.1 Å². The quantitative estimate of drug-likeness (QED) is 0.168. The monoisotopic (exact) mass is 797 g/mol. The van der Waals surface area contributed by atoms with Crippen LogP contribution in [0, 0.1) is 0 Å². The molecule has 1 nitrogen and oxygen atoms in total. The predicted molar refractivity (Wildman–Crippen MR) is 259 cm³/mol. The molecular formula is C59H43NS. The normalized spacial score (nSPS) is 16.5. The minimum absolute atomic E-state index is 0.504. The Morgan fingerprint density at radius 3 is 2.00 bits per heavy atom. The van der Waals surface area contributed by atoms with E-state index in [2.05, 4.69) is 199 Å². The lowest BCUT2D eigenvalue weighted by molar-refractivity contribution is 0.443. The van der Waals surface area contributed by atoms with Gasteiger partial charge in [-0.2, -0.15) is 0 Å². The van der Waals surface area contributed by atoms with Crippen LogP contribution in [0.4, 0.5) is 17.1 Å². The first-order valence-electron chi connectivity index (χ1n) is 22.0. The van der Waals surface area contributed by atoms with Crippen molar-refractivity contribution < 1.29 is 0 Å². The van der Waals surface area contributed by atoms with Crippen molar-refractivity contribution in [3.63, 3.8) is 0 Å². The fraction of sp³-hybridized carbons (Fsp3) is 0.119. The molecule has 0 radical (unpaired) electrons. The lowest BCUT2D eigenvalue weighted by atomic mass is 9.61. The zero-order chi connectivity index (χ0) is 40.1. The maximum Gasteiger partial charge on any atom is 0.0726 e. The second kappa shape index (κ2) is 13.6. The van der Waals surface area contributed by atoms with Gasteiger partial charge in [-0.05, 0) is 122 Å². The smallest absolute Gasteiger partial charge is 0.0726 e. The largest absolute Gasteiger partial charge is 0.310 e. The average molecular weight is 798 g/mol. The molecule has 3 aliphatic rings. The van der Waals surface area contributed by atoms with Crippen LogP contribution < -0.4 is 4.90 Å². The summed E-state index contributed by atoms with van der Waals surface area (Å²) in [5.41, 5.74) is 17.8. The third-order valence-electron chi connectivity index (χ3n) is 14.3. The molecule has 0 aliphatic heterocycles. The summed E-state index contributed by atoms with van der Waals surface area (Å²) in [6, 6.07) is 73.9. The summed E-state index contributed by atoms with van der Waals surface area (Å²) in [5, 5.41) is 5.31. The van der Waals surface area contributed by atoms with Crippen molar-refractivity contribution in [2.45, 2.75) is 43.4 Å². The Balaban J connectivity index is 1.10. The number of nitrogens with zero attached hydrogens (tertiary/aromatic N) is 1. The predicted octanol–water partition coefficient (Wildman–Crippen LogP) is 16.7. The lowest BCUT2D eigenvalue weighted by Crippen LogP contribution is -2.32. The van der Waals surface area contributed by atoms with Gasteiger partial charge in [0.25, 0.3) is 0 Å². The Morgan fingerprint density at radius 2 is 1.10 bits per heavy atom. The number of benzene rings is 9. The number of para-hydroxylation sites is 1. The van der Waals surface area contributed by atoms with Crippen LogP contribution in [0.5, 0.6) is 0 Å². The Morgan fingerprint density at radius 1 is 0.426 bits per heavy atom. The maximum atomic E-state index is 2.60. The molecule has 1 saturated carbocycles. The summed E-state index contributed by atoms with van der Waals surface area (Å²) in [4.78, 5) is 2.52. The van der Waals surface area contributed by atoms with Gasteiger partial charge in [-0.3, -0.25) is 0 Å². The third-order valence-corrected chi connectivity index (χ3v) is 15.4. The third kappa shape index (κ3) is 5.12. The molecule has 0 amide bonds. The van der Waals surface area contributed by atoms with E-state index in [0.717, 1.165) is 17.1 Å². The number of fused-ring (bicyclic) bond motifs is 12. The van der Waals surface area contributed by atoms with Gasteiger partial charge in [0, 0.05) is 37.1 Å². The van der Waals surface area contributed by atoms with Crippen LogP contribution in [-0.4, -0.2) is 0 Å². The first kappa shape index (κ1) is 35.1. The first-order valence-corrected chi connectivity index (χ1v) is 22.8. The van der Waals surface area contributed by atoms with Gasteiger partial charge in [-0.25, -0.2) is 0 Å². The number of anilines is 3. The van der Waals surface area contributed by atoms with Crippen molar-refractivity contribution in [2.75, 3.05) is 4.90 Å². The van der Waals surface area contributed by atoms with Crippen molar-refractivity contribution in [1.82, 2.24) is 0 Å². The summed E-state index contributed by atoms with van der Waals surface area (Å²) < 4.78 is 2.62. The van der Waals surface area contributed by atoms with Crippen molar-refractivity contribution in [3.05, 3.63) is 222 Å². The molecule has 1 aromatic heterocycles. The van der Waals surface area contributed by atoms with E-state index in [1.165, 1.54) is 124 Å². The van der Waals surface area contributed by atoms with Gasteiger partial charge in [0.2, 0.25) is 0 Å². The van der Waals surface area contributed by atoms with E-state index in [0.29, 0.717) is 5.92 Å². The van der Waals surface area contributed by atoms with Crippen LogP contribution in [0.2, 0.25) is 0 Å². The van der Waals surface area contributed by atoms with Crippen LogP contribution in [0.1, 0.15) is 65.8 Å². The van der Waals surface area contributed by atoms with Crippen molar-refractivity contribution in [2.24, 2.45) is 0 Å². The van der Waals surface area contributed by atoms with Gasteiger partial charge in [-0.15, -0.1) is 11.3 Å². The van der Waals surface area contributed by atoms with Crippen LogP contribution in [-0.2, 0) is 5.41 Å². The Hall–Kier alpha value is -6.74. The van der Waals surface area contributed by atoms with Crippen LogP contribution in [0.15, 0.2) is 194 Å². The van der Waals surface area contributed by atoms with E-state index in [1.807, 2.05) is 11.3 Å². The molecule has 0 bridgehead atoms. The number of rotatable bonds is 5. The zero-order valence-electron chi connectivity index (χ0n) is 33.9. The van der Waals surface area contributed by atoms with Gasteiger partial charge in [0.15, 0.2) is 0 Å². The molecule has 0 N–H and O–H groups in total. The highest BCUT2D eigenvalue weighted by Gasteiger charge is 2.50. The second-order valence-electron chi connectivity index (χ2n) is 17.4. The van der Waals surface area contributed by atoms with E-state index in [9.17, 15) is 0 Å². The number of hydrogen-bond acceptors (Lipinski definition) is 2. The molecule has 13 rings (SSSR count). The van der Waals surface area contributed by atoms with Crippen LogP contribution >= 0.6 is 11.3 Å². The first-order chi connectivity index (χ1) is 30.3. The molecule has 1 spiro atoms. The molecule has 1 fully saturated rings. The van der Waals surface area contributed by atoms with Crippen molar-refractivity contribution >= 4 is 59.3 Å². The molecule has 2 heteroatoms. The number of hydrogen-bond donors (Lipinski definition) is 0. The fourth-order valence-corrected chi connectivity index (χ4v) is 12.8. The molecule has 10 aromatic rings. The topological polar surface area (TPSA) is 3.24 Å². The highest BCUT2D eigenvalue weighted by atomic mass is 32.1. The van der Waals surface area contributed by atoms with Gasteiger partial charge < -0.3 is 4.90 Å². The minimum Gasteiger partial charge on any atom is -0.310 e. The number of thiophene rings is 1. The lowest BCUT2D eigenvalue weighted by Gasteiger charge is -2.41. The minimum atomic E-state index is -0.504. The molecule has 1 heterocycles. The zero-order valence-corrected chi connectivity index (χ0v) is 34.8. The van der Waals surface area contributed by atoms with Crippen LogP contribution in [0.25, 0.3) is 64.3 Å². The molecule has 3 aliphatic carbocycles. The molecule has 0 saturated heterocycles. The standard InChI is InChI=1S/C59H43NS/c1-3-15-38(16-4-1)41-29-34-52-50(35-41)49-24-13-19-40-20-14-26-53(58(40)49)59(52)51-25-10-7-22-45(51)46-32-30-42(36-54(46)59)60(55-27-11-8-21-44(55)39-17-5-2-6-18-39)43-31-33-48-47-23-9-12-28-56(47)61-57(48)37-43/h2,5-14,17-38H,1,3-4,15-16H2. The summed E-state index contributed by atoms with van der Waals surface area (Å²) in [6.07, 6.45) is 6.58. The summed E-state index contributed by atoms with van der Waals surface area (Å²) in [6.45, 7) is 0. The van der Waals surface area contributed by atoms with E-state index in [1.54, 1.807) is 0 Å². The fourth-order valence-electron chi connectivity index (χ4n) is 11.6. The Kier molecular flexibility index (Phi) is 7.84. The SMILES string of the molecule is c1ccc(-c2ccccc2N(c2ccc3c(c2)C2(c4ccccc4-3)c3ccc(C4CCCCC4)cc3-c3cccc4cccc2c34)c2ccc3c(c2)sc2ccccc23)cc1. The molecule has 1 unspecified atom stereocenters. The van der Waals surface area contributed by atoms with Gasteiger partial charge in [0.1, 0.15) is 0 Å². The average Bonchev–Trinajstić information content (AvgIpc) is 3.84. The Labute approximate surface area is 361 Å². The van der Waals surface area contributed by atoms with E-state index >= 15 is 0 Å². The highest BCUT2D eigenvalue weighted by Crippen LogP contribution is 2.63. The highest BCUT2D eigenvalue weighted by molar-refractivity contribution is 7.25. The summed E-state index contributed by atoms with van der Waals surface area (Å²) in [7, 11) is 0. The van der Waals surface area contributed by atoms with Gasteiger partial charge in [-0.1, -0.05) is 177 Å². The van der Waals surface area contributed by atoms with E-state index in [-0.39, 0.29) is 0 Å². The molecule has 9 aromatic carbocycles. The maximum absolute atomic E-state index is 2.60. The van der Waals surface area contributed by atoms with E-state index in [4.69, 9.17) is 0 Å². The molecule has 61 heavy (non-hydrogen) atoms. The molecule has 290 valence electrons. The van der Waals surface area contributed by atoms with Crippen molar-refractivity contribution in [3.8, 4) is 33.4 Å². The van der Waals surface area contributed by atoms with E-state index < -0.39 is 5.41 Å². The summed E-state index contributed by atoms with van der Waals surface area (Å²) >= 11 is 1.88.